The maximum atomic E-state index is 12.7. The van der Waals surface area contributed by atoms with Gasteiger partial charge in [0.05, 0.1) is 6.61 Å². The average molecular weight is 540 g/mol. The number of fused-ring (bicyclic) bond motifs is 3. The summed E-state index contributed by atoms with van der Waals surface area (Å²) in [5.74, 6) is -1.01. The number of carbonyl (C=O) groups is 2. The summed E-state index contributed by atoms with van der Waals surface area (Å²) < 4.78 is 17.2. The Kier molecular flexibility index (Phi) is 8.05. The van der Waals surface area contributed by atoms with Crippen LogP contribution >= 0.6 is 15.9 Å². The fourth-order valence-electron chi connectivity index (χ4n) is 4.26. The van der Waals surface area contributed by atoms with Gasteiger partial charge in [0.1, 0.15) is 19.0 Å². The summed E-state index contributed by atoms with van der Waals surface area (Å²) in [6.07, 6.45) is -0.820. The van der Waals surface area contributed by atoms with E-state index in [1.165, 1.54) is 0 Å². The van der Waals surface area contributed by atoms with Crippen molar-refractivity contribution in [1.82, 2.24) is 5.32 Å². The second-order valence-electron chi connectivity index (χ2n) is 7.97. The van der Waals surface area contributed by atoms with Crippen molar-refractivity contribution in [2.75, 3.05) is 26.4 Å². The van der Waals surface area contributed by atoms with Crippen LogP contribution in [0.2, 0.25) is 0 Å². The molecule has 1 amide bonds. The zero-order valence-corrected chi connectivity index (χ0v) is 20.8. The smallest absolute Gasteiger partial charge is 0.408 e. The molecule has 0 fully saturated rings. The van der Waals surface area contributed by atoms with Gasteiger partial charge in [0, 0.05) is 22.6 Å². The predicted molar refractivity (Wildman–Crippen MR) is 135 cm³/mol. The van der Waals surface area contributed by atoms with Gasteiger partial charge in [-0.1, -0.05) is 64.5 Å². The maximum Gasteiger partial charge on any atom is 0.408 e. The summed E-state index contributed by atoms with van der Waals surface area (Å²) in [4.78, 5) is 24.8. The van der Waals surface area contributed by atoms with Crippen LogP contribution in [-0.2, 0) is 14.3 Å². The van der Waals surface area contributed by atoms with Crippen LogP contribution in [0.3, 0.4) is 0 Å². The molecule has 1 unspecified atom stereocenters. The van der Waals surface area contributed by atoms with E-state index in [0.717, 1.165) is 22.3 Å². The Hall–Kier alpha value is -3.36. The molecular weight excluding hydrogens is 514 g/mol. The molecule has 0 aliphatic heterocycles. The van der Waals surface area contributed by atoms with Gasteiger partial charge in [-0.3, -0.25) is 0 Å². The van der Waals surface area contributed by atoms with E-state index >= 15 is 0 Å². The SMILES string of the molecule is CCOCCOc1ccc(Br)cc1C(NC(=O)OCC1c2ccccc2-c2ccccc21)C(=O)O. The van der Waals surface area contributed by atoms with E-state index in [2.05, 4.69) is 33.4 Å². The minimum absolute atomic E-state index is 0.0857. The zero-order valence-electron chi connectivity index (χ0n) is 19.2. The first kappa shape index (κ1) is 24.8. The van der Waals surface area contributed by atoms with Crippen molar-refractivity contribution in [3.63, 3.8) is 0 Å². The number of amides is 1. The number of carboxylic acids is 1. The van der Waals surface area contributed by atoms with E-state index in [-0.39, 0.29) is 19.1 Å². The standard InChI is InChI=1S/C27H26BrNO6/c1-2-33-13-14-34-24-12-11-17(28)15-22(24)25(26(30)31)29-27(32)35-16-23-20-9-5-3-7-18(20)19-8-4-6-10-21(19)23/h3-12,15,23,25H,2,13-14,16H2,1H3,(H,29,32)(H,30,31). The van der Waals surface area contributed by atoms with Crippen molar-refractivity contribution < 1.29 is 28.9 Å². The van der Waals surface area contributed by atoms with Gasteiger partial charge in [0.25, 0.3) is 0 Å². The molecule has 0 saturated heterocycles. The fraction of sp³-hybridized carbons (Fsp3) is 0.259. The van der Waals surface area contributed by atoms with Gasteiger partial charge < -0.3 is 24.6 Å². The highest BCUT2D eigenvalue weighted by Crippen LogP contribution is 2.44. The third-order valence-corrected chi connectivity index (χ3v) is 6.32. The topological polar surface area (TPSA) is 94.1 Å². The predicted octanol–water partition coefficient (Wildman–Crippen LogP) is 5.53. The first-order valence-corrected chi connectivity index (χ1v) is 12.1. The van der Waals surface area contributed by atoms with Crippen LogP contribution in [0, 0.1) is 0 Å². The van der Waals surface area contributed by atoms with Crippen LogP contribution in [0.15, 0.2) is 71.2 Å². The maximum absolute atomic E-state index is 12.7. The number of carbonyl (C=O) groups excluding carboxylic acids is 1. The fourth-order valence-corrected chi connectivity index (χ4v) is 4.64. The molecule has 8 heteroatoms. The second-order valence-corrected chi connectivity index (χ2v) is 8.88. The minimum atomic E-state index is -1.36. The summed E-state index contributed by atoms with van der Waals surface area (Å²) in [6.45, 7) is 3.13. The number of alkyl carbamates (subject to hydrolysis) is 1. The van der Waals surface area contributed by atoms with Crippen molar-refractivity contribution in [3.8, 4) is 16.9 Å². The molecule has 4 rings (SSSR count). The first-order chi connectivity index (χ1) is 17.0. The Morgan fingerprint density at radius 2 is 1.66 bits per heavy atom. The van der Waals surface area contributed by atoms with E-state index in [1.54, 1.807) is 18.2 Å². The molecule has 1 atom stereocenters. The van der Waals surface area contributed by atoms with Crippen molar-refractivity contribution in [1.29, 1.82) is 0 Å². The Bertz CT molecular complexity index is 1170. The van der Waals surface area contributed by atoms with Crippen LogP contribution in [0.1, 0.15) is 35.6 Å². The van der Waals surface area contributed by atoms with E-state index in [1.807, 2.05) is 43.3 Å². The van der Waals surface area contributed by atoms with E-state index in [0.29, 0.717) is 29.0 Å². The van der Waals surface area contributed by atoms with Gasteiger partial charge in [-0.15, -0.1) is 0 Å². The third-order valence-electron chi connectivity index (χ3n) is 5.83. The quantitative estimate of drug-likeness (QED) is 0.329. The van der Waals surface area contributed by atoms with Crippen molar-refractivity contribution in [3.05, 3.63) is 87.9 Å². The third kappa shape index (κ3) is 5.66. The largest absolute Gasteiger partial charge is 0.491 e. The van der Waals surface area contributed by atoms with Crippen molar-refractivity contribution >= 4 is 28.0 Å². The van der Waals surface area contributed by atoms with Crippen LogP contribution in [0.25, 0.3) is 11.1 Å². The molecule has 3 aromatic carbocycles. The molecule has 2 N–H and O–H groups in total. The molecule has 0 radical (unpaired) electrons. The van der Waals surface area contributed by atoms with Crippen LogP contribution in [0.4, 0.5) is 4.79 Å². The molecule has 0 heterocycles. The van der Waals surface area contributed by atoms with Crippen LogP contribution < -0.4 is 10.1 Å². The highest BCUT2D eigenvalue weighted by atomic mass is 79.9. The molecule has 1 aliphatic rings. The molecule has 3 aromatic rings. The highest BCUT2D eigenvalue weighted by Gasteiger charge is 2.31. The van der Waals surface area contributed by atoms with Gasteiger partial charge >= 0.3 is 12.1 Å². The Labute approximate surface area is 212 Å². The summed E-state index contributed by atoms with van der Waals surface area (Å²) >= 11 is 3.36. The van der Waals surface area contributed by atoms with Crippen LogP contribution in [0.5, 0.6) is 5.75 Å². The molecule has 182 valence electrons. The van der Waals surface area contributed by atoms with Crippen LogP contribution in [-0.4, -0.2) is 43.6 Å². The normalized spacial score (nSPS) is 13.0. The molecular formula is C27H26BrNO6. The number of aliphatic carboxylic acids is 1. The molecule has 7 nitrogen and oxygen atoms in total. The molecule has 0 saturated carbocycles. The molecule has 0 spiro atoms. The zero-order chi connectivity index (χ0) is 24.8. The summed E-state index contributed by atoms with van der Waals surface area (Å²) in [7, 11) is 0. The number of rotatable bonds is 10. The van der Waals surface area contributed by atoms with Gasteiger partial charge in [0.15, 0.2) is 6.04 Å². The number of hydrogen-bond acceptors (Lipinski definition) is 5. The number of nitrogens with one attached hydrogen (secondary N) is 1. The van der Waals surface area contributed by atoms with Gasteiger partial charge in [0.2, 0.25) is 0 Å². The van der Waals surface area contributed by atoms with E-state index in [9.17, 15) is 14.7 Å². The van der Waals surface area contributed by atoms with E-state index < -0.39 is 18.1 Å². The summed E-state index contributed by atoms with van der Waals surface area (Å²) in [5, 5.41) is 12.4. The lowest BCUT2D eigenvalue weighted by molar-refractivity contribution is -0.139. The van der Waals surface area contributed by atoms with Crippen molar-refractivity contribution in [2.45, 2.75) is 18.9 Å². The lowest BCUT2D eigenvalue weighted by atomic mass is 9.98. The number of halogens is 1. The number of carboxylic acid groups (broad SMARTS) is 1. The monoisotopic (exact) mass is 539 g/mol. The molecule has 1 aliphatic carbocycles. The Balaban J connectivity index is 1.47. The molecule has 0 bridgehead atoms. The van der Waals surface area contributed by atoms with Gasteiger partial charge in [-0.25, -0.2) is 9.59 Å². The Morgan fingerprint density at radius 3 is 2.29 bits per heavy atom. The second kappa shape index (κ2) is 11.4. The lowest BCUT2D eigenvalue weighted by Gasteiger charge is -2.20. The number of ether oxygens (including phenoxy) is 3. The van der Waals surface area contributed by atoms with E-state index in [4.69, 9.17) is 14.2 Å². The molecule has 0 aromatic heterocycles. The highest BCUT2D eigenvalue weighted by molar-refractivity contribution is 9.10. The number of benzene rings is 3. The minimum Gasteiger partial charge on any atom is -0.491 e. The summed E-state index contributed by atoms with van der Waals surface area (Å²) in [5.41, 5.74) is 4.69. The van der Waals surface area contributed by atoms with Gasteiger partial charge in [-0.2, -0.15) is 0 Å². The van der Waals surface area contributed by atoms with Gasteiger partial charge in [-0.05, 0) is 47.4 Å². The lowest BCUT2D eigenvalue weighted by Crippen LogP contribution is -2.35. The Morgan fingerprint density at radius 1 is 1.00 bits per heavy atom. The molecule has 35 heavy (non-hydrogen) atoms. The average Bonchev–Trinajstić information content (AvgIpc) is 3.18. The number of hydrogen-bond donors (Lipinski definition) is 2. The first-order valence-electron chi connectivity index (χ1n) is 11.3. The van der Waals surface area contributed by atoms with Crippen molar-refractivity contribution in [2.24, 2.45) is 0 Å². The summed E-state index contributed by atoms with van der Waals surface area (Å²) in [6, 6.07) is 19.7.